The van der Waals surface area contributed by atoms with Crippen LogP contribution in [0.15, 0.2) is 18.2 Å². The molecule has 2 N–H and O–H groups in total. The Morgan fingerprint density at radius 1 is 1.33 bits per heavy atom. The maximum atomic E-state index is 11.9. The summed E-state index contributed by atoms with van der Waals surface area (Å²) in [6.07, 6.45) is 1.94. The lowest BCUT2D eigenvalue weighted by atomic mass is 9.92. The van der Waals surface area contributed by atoms with Gasteiger partial charge in [0.05, 0.1) is 11.1 Å². The quantitative estimate of drug-likeness (QED) is 0.881. The van der Waals surface area contributed by atoms with Gasteiger partial charge in [-0.15, -0.1) is 0 Å². The zero-order chi connectivity index (χ0) is 15.2. The van der Waals surface area contributed by atoms with Crippen LogP contribution in [0.4, 0.5) is 5.69 Å². The minimum absolute atomic E-state index is 0.0107. The first-order valence-corrected chi connectivity index (χ1v) is 7.26. The Hall–Kier alpha value is -2.28. The zero-order valence-corrected chi connectivity index (χ0v) is 12.6. The van der Waals surface area contributed by atoms with Crippen LogP contribution in [0.5, 0.6) is 0 Å². The van der Waals surface area contributed by atoms with E-state index in [0.29, 0.717) is 11.3 Å². The minimum Gasteiger partial charge on any atom is -0.357 e. The first-order valence-electron chi connectivity index (χ1n) is 7.26. The number of nitrogens with one attached hydrogen (secondary N) is 2. The number of fused-ring (bicyclic) bond motifs is 1. The molecule has 1 aliphatic rings. The van der Waals surface area contributed by atoms with E-state index in [1.165, 1.54) is 0 Å². The fourth-order valence-corrected chi connectivity index (χ4v) is 2.40. The van der Waals surface area contributed by atoms with Crippen molar-refractivity contribution in [3.05, 3.63) is 29.5 Å². The highest BCUT2D eigenvalue weighted by Gasteiger charge is 2.29. The van der Waals surface area contributed by atoms with Crippen molar-refractivity contribution in [3.63, 3.8) is 0 Å². The van der Waals surface area contributed by atoms with Crippen molar-refractivity contribution in [2.75, 3.05) is 5.32 Å². The summed E-state index contributed by atoms with van der Waals surface area (Å²) in [4.78, 5) is 15.2. The number of nitriles is 1. The fourth-order valence-electron chi connectivity index (χ4n) is 2.40. The molecule has 21 heavy (non-hydrogen) atoms. The van der Waals surface area contributed by atoms with Gasteiger partial charge in [-0.05, 0) is 31.0 Å². The fraction of sp³-hybridized carbons (Fsp3) is 0.412. The number of H-pyrrole nitrogens is 1. The van der Waals surface area contributed by atoms with Crippen molar-refractivity contribution in [2.45, 2.75) is 39.0 Å². The van der Waals surface area contributed by atoms with E-state index in [1.54, 1.807) is 6.07 Å². The van der Waals surface area contributed by atoms with Crippen LogP contribution in [-0.4, -0.2) is 10.9 Å². The molecular formula is C17H19N3O. The highest BCUT2D eigenvalue weighted by Crippen LogP contribution is 2.32. The van der Waals surface area contributed by atoms with Gasteiger partial charge in [-0.1, -0.05) is 20.8 Å². The first kappa shape index (κ1) is 13.7. The maximum Gasteiger partial charge on any atom is 0.227 e. The van der Waals surface area contributed by atoms with Crippen molar-refractivity contribution in [1.82, 2.24) is 4.98 Å². The molecule has 0 spiro atoms. The second-order valence-corrected chi connectivity index (χ2v) is 6.80. The second-order valence-electron chi connectivity index (χ2n) is 6.80. The highest BCUT2D eigenvalue weighted by molar-refractivity contribution is 5.97. The Balaban J connectivity index is 2.04. The lowest BCUT2D eigenvalue weighted by molar-refractivity contribution is -0.117. The molecule has 3 rings (SSSR count). The summed E-state index contributed by atoms with van der Waals surface area (Å²) in [6.45, 7) is 6.37. The maximum absolute atomic E-state index is 11.9. The number of amides is 1. The molecule has 1 saturated carbocycles. The number of anilines is 1. The van der Waals surface area contributed by atoms with Crippen molar-refractivity contribution in [1.29, 1.82) is 5.26 Å². The number of hydrogen-bond acceptors (Lipinski definition) is 2. The summed E-state index contributed by atoms with van der Waals surface area (Å²) in [5.41, 5.74) is 3.18. The van der Waals surface area contributed by atoms with Gasteiger partial charge < -0.3 is 10.3 Å². The number of hydrogen-bond donors (Lipinski definition) is 2. The molecule has 1 amide bonds. The van der Waals surface area contributed by atoms with E-state index in [4.69, 9.17) is 0 Å². The van der Waals surface area contributed by atoms with Crippen molar-refractivity contribution < 1.29 is 4.79 Å². The van der Waals surface area contributed by atoms with Crippen LogP contribution in [0.3, 0.4) is 0 Å². The van der Waals surface area contributed by atoms with Gasteiger partial charge in [-0.25, -0.2) is 0 Å². The number of nitrogens with zero attached hydrogens (tertiary/aromatic N) is 1. The average Bonchev–Trinajstić information content (AvgIpc) is 3.16. The Bertz CT molecular complexity index is 755. The number of aromatic nitrogens is 1. The normalized spacial score (nSPS) is 15.0. The van der Waals surface area contributed by atoms with E-state index < -0.39 is 0 Å². The van der Waals surface area contributed by atoms with E-state index >= 15 is 0 Å². The number of carbonyl (C=O) groups is 1. The summed E-state index contributed by atoms with van der Waals surface area (Å²) in [7, 11) is 0. The molecule has 1 aromatic heterocycles. The summed E-state index contributed by atoms with van der Waals surface area (Å²) >= 11 is 0. The van der Waals surface area contributed by atoms with Gasteiger partial charge in [0.15, 0.2) is 0 Å². The molecule has 0 aliphatic heterocycles. The SMILES string of the molecule is CC(C)(C)c1cc2cc(NC(=O)C3CC3)cc(C#N)c2[nH]1. The monoisotopic (exact) mass is 281 g/mol. The lowest BCUT2D eigenvalue weighted by Crippen LogP contribution is -2.13. The van der Waals surface area contributed by atoms with Gasteiger partial charge in [-0.2, -0.15) is 5.26 Å². The summed E-state index contributed by atoms with van der Waals surface area (Å²) < 4.78 is 0. The first-order chi connectivity index (χ1) is 9.88. The molecule has 108 valence electrons. The Morgan fingerprint density at radius 3 is 2.62 bits per heavy atom. The van der Waals surface area contributed by atoms with Crippen LogP contribution in [0, 0.1) is 17.2 Å². The largest absolute Gasteiger partial charge is 0.357 e. The Labute approximate surface area is 124 Å². The number of aromatic amines is 1. The van der Waals surface area contributed by atoms with Crippen LogP contribution in [0.1, 0.15) is 44.9 Å². The predicted molar refractivity (Wildman–Crippen MR) is 83.1 cm³/mol. The van der Waals surface area contributed by atoms with Crippen LogP contribution < -0.4 is 5.32 Å². The standard InChI is InChI=1S/C17H19N3O/c1-17(2,3)14-8-11-6-13(19-16(21)10-4-5-10)7-12(9-18)15(11)20-14/h6-8,10,20H,4-5H2,1-3H3,(H,19,21). The third kappa shape index (κ3) is 2.64. The smallest absolute Gasteiger partial charge is 0.227 e. The molecular weight excluding hydrogens is 262 g/mol. The Kier molecular flexibility index (Phi) is 3.02. The average molecular weight is 281 g/mol. The molecule has 0 bridgehead atoms. The number of carbonyl (C=O) groups excluding carboxylic acids is 1. The van der Waals surface area contributed by atoms with Crippen molar-refractivity contribution in [2.24, 2.45) is 5.92 Å². The summed E-state index contributed by atoms with van der Waals surface area (Å²) in [6, 6.07) is 7.94. The third-order valence-electron chi connectivity index (χ3n) is 3.87. The van der Waals surface area contributed by atoms with E-state index in [-0.39, 0.29) is 17.2 Å². The molecule has 0 atom stereocenters. The molecule has 1 aliphatic carbocycles. The summed E-state index contributed by atoms with van der Waals surface area (Å²) in [5, 5.41) is 13.2. The van der Waals surface area contributed by atoms with Gasteiger partial charge in [-0.3, -0.25) is 4.79 Å². The lowest BCUT2D eigenvalue weighted by Gasteiger charge is -2.15. The van der Waals surface area contributed by atoms with Crippen LogP contribution in [0.2, 0.25) is 0 Å². The predicted octanol–water partition coefficient (Wildman–Crippen LogP) is 3.69. The third-order valence-corrected chi connectivity index (χ3v) is 3.87. The molecule has 4 heteroatoms. The van der Waals surface area contributed by atoms with Gasteiger partial charge in [0.2, 0.25) is 5.91 Å². The topological polar surface area (TPSA) is 68.7 Å². The molecule has 2 aromatic rings. The molecule has 0 saturated heterocycles. The van der Waals surface area contributed by atoms with Crippen LogP contribution in [-0.2, 0) is 10.2 Å². The summed E-state index contributed by atoms with van der Waals surface area (Å²) in [5.74, 6) is 0.215. The Morgan fingerprint density at radius 2 is 2.05 bits per heavy atom. The molecule has 4 nitrogen and oxygen atoms in total. The van der Waals surface area contributed by atoms with E-state index in [2.05, 4.69) is 43.2 Å². The highest BCUT2D eigenvalue weighted by atomic mass is 16.2. The van der Waals surface area contributed by atoms with Gasteiger partial charge in [0, 0.05) is 28.1 Å². The van der Waals surface area contributed by atoms with Gasteiger partial charge in [0.25, 0.3) is 0 Å². The van der Waals surface area contributed by atoms with Gasteiger partial charge >= 0.3 is 0 Å². The molecule has 1 heterocycles. The zero-order valence-electron chi connectivity index (χ0n) is 12.6. The molecule has 0 unspecified atom stereocenters. The van der Waals surface area contributed by atoms with Crippen molar-refractivity contribution in [3.8, 4) is 6.07 Å². The van der Waals surface area contributed by atoms with E-state index in [9.17, 15) is 10.1 Å². The molecule has 1 fully saturated rings. The van der Waals surface area contributed by atoms with Crippen molar-refractivity contribution >= 4 is 22.5 Å². The van der Waals surface area contributed by atoms with Crippen LogP contribution in [0.25, 0.3) is 10.9 Å². The molecule has 0 radical (unpaired) electrons. The van der Waals surface area contributed by atoms with Gasteiger partial charge in [0.1, 0.15) is 6.07 Å². The minimum atomic E-state index is -0.0107. The second kappa shape index (κ2) is 4.63. The number of benzene rings is 1. The van der Waals surface area contributed by atoms with E-state index in [0.717, 1.165) is 29.4 Å². The molecule has 1 aromatic carbocycles. The van der Waals surface area contributed by atoms with Crippen LogP contribution >= 0.6 is 0 Å². The number of rotatable bonds is 2. The van der Waals surface area contributed by atoms with E-state index in [1.807, 2.05) is 6.07 Å².